The molecule has 0 aliphatic carbocycles. The maximum absolute atomic E-state index is 13.3. The van der Waals surface area contributed by atoms with Gasteiger partial charge in [-0.3, -0.25) is 9.89 Å². The number of fused-ring (bicyclic) bond motifs is 1. The van der Waals surface area contributed by atoms with Crippen LogP contribution < -0.4 is 14.8 Å². The van der Waals surface area contributed by atoms with Crippen LogP contribution in [-0.2, 0) is 17.8 Å². The molecule has 3 aromatic rings. The van der Waals surface area contributed by atoms with Crippen molar-refractivity contribution < 1.29 is 23.8 Å². The van der Waals surface area contributed by atoms with Crippen molar-refractivity contribution in [3.8, 4) is 22.8 Å². The number of carbonyl (C=O) groups is 1. The SMILES string of the molecule is Cc1cc(F)ccc1CC(CNCc1cn[nH]c1-c1ccc2c(c1)OCCO2)C(=O)O. The summed E-state index contributed by atoms with van der Waals surface area (Å²) in [5, 5.41) is 20.0. The number of rotatable bonds is 8. The number of H-pyrrole nitrogens is 1. The number of nitrogens with one attached hydrogen (secondary N) is 2. The Kier molecular flexibility index (Phi) is 6.18. The third kappa shape index (κ3) is 4.86. The lowest BCUT2D eigenvalue weighted by atomic mass is 9.96. The van der Waals surface area contributed by atoms with E-state index in [1.165, 1.54) is 12.1 Å². The van der Waals surface area contributed by atoms with Gasteiger partial charge in [0.1, 0.15) is 19.0 Å². The van der Waals surface area contributed by atoms with E-state index in [1.54, 1.807) is 19.2 Å². The smallest absolute Gasteiger partial charge is 0.308 e. The van der Waals surface area contributed by atoms with Crippen LogP contribution >= 0.6 is 0 Å². The van der Waals surface area contributed by atoms with Crippen LogP contribution in [0.3, 0.4) is 0 Å². The molecule has 1 unspecified atom stereocenters. The predicted octanol–water partition coefficient (Wildman–Crippen LogP) is 3.33. The monoisotopic (exact) mass is 425 g/mol. The van der Waals surface area contributed by atoms with Gasteiger partial charge in [-0.2, -0.15) is 5.10 Å². The highest BCUT2D eigenvalue weighted by molar-refractivity contribution is 5.71. The Bertz CT molecular complexity index is 1080. The Morgan fingerprint density at radius 1 is 1.19 bits per heavy atom. The lowest BCUT2D eigenvalue weighted by molar-refractivity contribution is -0.141. The van der Waals surface area contributed by atoms with Crippen molar-refractivity contribution >= 4 is 5.97 Å². The fourth-order valence-corrected chi connectivity index (χ4v) is 3.68. The Hall–Kier alpha value is -3.39. The molecule has 2 aromatic carbocycles. The van der Waals surface area contributed by atoms with Gasteiger partial charge in [-0.1, -0.05) is 6.07 Å². The van der Waals surface area contributed by atoms with Gasteiger partial charge in [0.2, 0.25) is 0 Å². The van der Waals surface area contributed by atoms with Crippen molar-refractivity contribution in [2.75, 3.05) is 19.8 Å². The molecule has 3 N–H and O–H groups in total. The molecule has 0 radical (unpaired) electrons. The fraction of sp³-hybridized carbons (Fsp3) is 0.304. The molecule has 8 heteroatoms. The van der Waals surface area contributed by atoms with Crippen LogP contribution in [0.2, 0.25) is 0 Å². The van der Waals surface area contributed by atoms with Gasteiger partial charge < -0.3 is 19.9 Å². The van der Waals surface area contributed by atoms with E-state index in [-0.39, 0.29) is 12.4 Å². The van der Waals surface area contributed by atoms with Crippen LogP contribution in [0.1, 0.15) is 16.7 Å². The Balaban J connectivity index is 1.41. The molecule has 0 amide bonds. The Labute approximate surface area is 179 Å². The number of aryl methyl sites for hydroxylation is 1. The number of aromatic nitrogens is 2. The summed E-state index contributed by atoms with van der Waals surface area (Å²) in [4.78, 5) is 11.7. The van der Waals surface area contributed by atoms with Crippen molar-refractivity contribution in [1.82, 2.24) is 15.5 Å². The van der Waals surface area contributed by atoms with Gasteiger partial charge in [0.25, 0.3) is 0 Å². The van der Waals surface area contributed by atoms with Gasteiger partial charge in [0, 0.05) is 24.2 Å². The topological polar surface area (TPSA) is 96.5 Å². The van der Waals surface area contributed by atoms with E-state index in [0.29, 0.717) is 31.9 Å². The highest BCUT2D eigenvalue weighted by atomic mass is 19.1. The first kappa shape index (κ1) is 20.9. The largest absolute Gasteiger partial charge is 0.486 e. The van der Waals surface area contributed by atoms with Crippen molar-refractivity contribution in [2.24, 2.45) is 5.92 Å². The number of nitrogens with zero attached hydrogens (tertiary/aromatic N) is 1. The summed E-state index contributed by atoms with van der Waals surface area (Å²) in [6.45, 7) is 3.56. The molecule has 7 nitrogen and oxygen atoms in total. The molecule has 0 fully saturated rings. The zero-order valence-corrected chi connectivity index (χ0v) is 17.2. The van der Waals surface area contributed by atoms with E-state index in [2.05, 4.69) is 15.5 Å². The van der Waals surface area contributed by atoms with E-state index >= 15 is 0 Å². The number of carboxylic acids is 1. The van der Waals surface area contributed by atoms with Crippen LogP contribution in [-0.4, -0.2) is 41.0 Å². The normalized spacial score (nSPS) is 13.7. The molecule has 1 atom stereocenters. The van der Waals surface area contributed by atoms with E-state index in [1.807, 2.05) is 18.2 Å². The minimum atomic E-state index is -0.893. The molecule has 1 aromatic heterocycles. The van der Waals surface area contributed by atoms with Gasteiger partial charge in [-0.05, 0) is 54.8 Å². The quantitative estimate of drug-likeness (QED) is 0.512. The molecule has 4 rings (SSSR count). The minimum Gasteiger partial charge on any atom is -0.486 e. The lowest BCUT2D eigenvalue weighted by Gasteiger charge is -2.19. The van der Waals surface area contributed by atoms with Gasteiger partial charge in [0.05, 0.1) is 17.8 Å². The van der Waals surface area contributed by atoms with Crippen molar-refractivity contribution in [3.63, 3.8) is 0 Å². The molecule has 2 heterocycles. The van der Waals surface area contributed by atoms with E-state index in [4.69, 9.17) is 9.47 Å². The first-order valence-electron chi connectivity index (χ1n) is 10.1. The second-order valence-electron chi connectivity index (χ2n) is 7.57. The van der Waals surface area contributed by atoms with Gasteiger partial charge in [-0.25, -0.2) is 4.39 Å². The van der Waals surface area contributed by atoms with Gasteiger partial charge in [-0.15, -0.1) is 0 Å². The summed E-state index contributed by atoms with van der Waals surface area (Å²) in [6.07, 6.45) is 2.05. The fourth-order valence-electron chi connectivity index (χ4n) is 3.68. The van der Waals surface area contributed by atoms with Crippen molar-refractivity contribution in [3.05, 3.63) is 65.1 Å². The van der Waals surface area contributed by atoms with Crippen LogP contribution in [0.25, 0.3) is 11.3 Å². The summed E-state index contributed by atoms with van der Waals surface area (Å²) < 4.78 is 24.5. The maximum Gasteiger partial charge on any atom is 0.308 e. The first-order valence-corrected chi connectivity index (χ1v) is 10.1. The summed E-state index contributed by atoms with van der Waals surface area (Å²) in [6, 6.07) is 10.1. The number of aliphatic carboxylic acids is 1. The standard InChI is InChI=1S/C23H24FN3O4/c1-14-8-19(24)4-2-15(14)9-17(23(28)29)11-25-12-18-13-26-27-22(18)16-3-5-20-21(10-16)31-7-6-30-20/h2-5,8,10,13,17,25H,6-7,9,11-12H2,1H3,(H,26,27)(H,28,29). The summed E-state index contributed by atoms with van der Waals surface area (Å²) >= 11 is 0. The lowest BCUT2D eigenvalue weighted by Crippen LogP contribution is -2.30. The molecule has 31 heavy (non-hydrogen) atoms. The van der Waals surface area contributed by atoms with Crippen LogP contribution in [0.15, 0.2) is 42.6 Å². The second kappa shape index (κ2) is 9.18. The van der Waals surface area contributed by atoms with Crippen LogP contribution in [0, 0.1) is 18.7 Å². The number of benzene rings is 2. The highest BCUT2D eigenvalue weighted by Gasteiger charge is 2.20. The Morgan fingerprint density at radius 2 is 2.00 bits per heavy atom. The number of halogens is 1. The van der Waals surface area contributed by atoms with Crippen molar-refractivity contribution in [1.29, 1.82) is 0 Å². The summed E-state index contributed by atoms with van der Waals surface area (Å²) in [5.74, 6) is -0.436. The molecule has 0 saturated carbocycles. The first-order chi connectivity index (χ1) is 15.0. The van der Waals surface area contributed by atoms with Crippen molar-refractivity contribution in [2.45, 2.75) is 19.9 Å². The molecule has 162 valence electrons. The van der Waals surface area contributed by atoms with Crippen LogP contribution in [0.5, 0.6) is 11.5 Å². The molecular weight excluding hydrogens is 401 g/mol. The maximum atomic E-state index is 13.3. The molecule has 1 aliphatic rings. The highest BCUT2D eigenvalue weighted by Crippen LogP contribution is 2.34. The molecular formula is C23H24FN3O4. The number of carboxylic acid groups (broad SMARTS) is 1. The zero-order valence-electron chi connectivity index (χ0n) is 17.2. The molecule has 0 saturated heterocycles. The number of ether oxygens (including phenoxy) is 2. The predicted molar refractivity (Wildman–Crippen MR) is 113 cm³/mol. The van der Waals surface area contributed by atoms with Gasteiger partial charge in [0.15, 0.2) is 11.5 Å². The number of hydrogen-bond acceptors (Lipinski definition) is 5. The van der Waals surface area contributed by atoms with E-state index in [9.17, 15) is 14.3 Å². The summed E-state index contributed by atoms with van der Waals surface area (Å²) in [5.41, 5.74) is 4.25. The zero-order chi connectivity index (χ0) is 21.8. The third-order valence-corrected chi connectivity index (χ3v) is 5.38. The average Bonchev–Trinajstić information content (AvgIpc) is 3.22. The Morgan fingerprint density at radius 3 is 2.77 bits per heavy atom. The molecule has 0 bridgehead atoms. The molecule has 0 spiro atoms. The minimum absolute atomic E-state index is 0.276. The average molecular weight is 425 g/mol. The van der Waals surface area contributed by atoms with Gasteiger partial charge >= 0.3 is 5.97 Å². The molecule has 1 aliphatic heterocycles. The number of aromatic amines is 1. The van der Waals surface area contributed by atoms with E-state index < -0.39 is 11.9 Å². The van der Waals surface area contributed by atoms with E-state index in [0.717, 1.165) is 33.7 Å². The third-order valence-electron chi connectivity index (χ3n) is 5.38. The van der Waals surface area contributed by atoms with Crippen LogP contribution in [0.4, 0.5) is 4.39 Å². The second-order valence-corrected chi connectivity index (χ2v) is 7.57. The summed E-state index contributed by atoms with van der Waals surface area (Å²) in [7, 11) is 0. The number of hydrogen-bond donors (Lipinski definition) is 3.